The topological polar surface area (TPSA) is 268 Å². The van der Waals surface area contributed by atoms with Crippen LogP contribution in [-0.4, -0.2) is 143 Å². The highest BCUT2D eigenvalue weighted by Gasteiger charge is 2.47. The average molecular weight is 1040 g/mol. The van der Waals surface area contributed by atoms with E-state index >= 15 is 0 Å². The van der Waals surface area contributed by atoms with Crippen molar-refractivity contribution in [2.24, 2.45) is 11.8 Å². The number of nitrogens with one attached hydrogen (secondary N) is 9. The minimum Gasteiger partial charge on any atom is -0.348 e. The molecule has 0 spiro atoms. The predicted molar refractivity (Wildman–Crippen MR) is 281 cm³/mol. The van der Waals surface area contributed by atoms with E-state index in [0.717, 1.165) is 75.3 Å². The minimum absolute atomic E-state index is 0.0138. The maximum Gasteiger partial charge on any atom is 0.272 e. The van der Waals surface area contributed by atoms with E-state index in [2.05, 4.69) is 52.7 Å². The van der Waals surface area contributed by atoms with Crippen LogP contribution in [0.25, 0.3) is 0 Å². The predicted octanol–water partition coefficient (Wildman–Crippen LogP) is 2.91. The normalized spacial score (nSPS) is 22.6. The van der Waals surface area contributed by atoms with Crippen LogP contribution < -0.4 is 42.5 Å². The van der Waals surface area contributed by atoms with Gasteiger partial charge in [0.15, 0.2) is 5.69 Å². The van der Waals surface area contributed by atoms with Crippen molar-refractivity contribution in [1.82, 2.24) is 62.5 Å². The maximum absolute atomic E-state index is 14.8. The van der Waals surface area contributed by atoms with Gasteiger partial charge >= 0.3 is 0 Å². The molecule has 4 fully saturated rings. The van der Waals surface area contributed by atoms with Crippen molar-refractivity contribution in [3.63, 3.8) is 0 Å². The first-order valence-electron chi connectivity index (χ1n) is 27.0. The standard InChI is InChI=1S/C55H78N12O8/c1-32(36-19-11-7-12-20-36)58-52(72)44-27-40(30-66(44)54(74)46(38-23-15-9-16-24-38)62-48(68)34(3)56-5)60-50(70)42-29-43(65-64-42)51(71)61-41-28-45(53(73)59-33(2)37-21-13-8-14-22-37)67(31-41)55(75)47(39-25-17-10-18-26-39)63-49(69)35(4)57-6/h7-8,11-14,19-22,29,32-35,38-41,44-47,56-57H,9-10,15-18,23-28,30-31H2,1-6H3,(H,58,72)(H,59,73)(H,60,70)(H,61,71)(H,62,68)(H,63,69)(H,64,65)/t32-,33-,34+,35+,40+,41+,44+,45+,46+,47+/m1/s1. The number of amides is 8. The van der Waals surface area contributed by atoms with Gasteiger partial charge in [0, 0.05) is 31.2 Å². The summed E-state index contributed by atoms with van der Waals surface area (Å²) < 4.78 is 0. The molecule has 20 heteroatoms. The lowest BCUT2D eigenvalue weighted by molar-refractivity contribution is -0.143. The van der Waals surface area contributed by atoms with E-state index in [1.54, 1.807) is 27.9 Å². The number of nitrogens with zero attached hydrogens (tertiary/aromatic N) is 3. The second kappa shape index (κ2) is 26.2. The van der Waals surface area contributed by atoms with Gasteiger partial charge in [0.2, 0.25) is 35.4 Å². The van der Waals surface area contributed by atoms with Gasteiger partial charge in [-0.3, -0.25) is 43.5 Å². The summed E-state index contributed by atoms with van der Waals surface area (Å²) in [7, 11) is 3.34. The molecule has 2 saturated carbocycles. The third kappa shape index (κ3) is 14.2. The highest BCUT2D eigenvalue weighted by Crippen LogP contribution is 2.32. The quantitative estimate of drug-likeness (QED) is 0.0795. The van der Waals surface area contributed by atoms with Gasteiger partial charge in [-0.1, -0.05) is 99.2 Å². The molecule has 1 aromatic heterocycles. The molecule has 3 heterocycles. The number of aromatic amines is 1. The van der Waals surface area contributed by atoms with Gasteiger partial charge < -0.3 is 52.3 Å². The van der Waals surface area contributed by atoms with Gasteiger partial charge in [-0.05, 0) is 103 Å². The van der Waals surface area contributed by atoms with Crippen molar-refractivity contribution in [1.29, 1.82) is 0 Å². The second-order valence-corrected chi connectivity index (χ2v) is 21.1. The molecule has 75 heavy (non-hydrogen) atoms. The number of hydrogen-bond donors (Lipinski definition) is 9. The Hall–Kier alpha value is -6.67. The molecule has 0 unspecified atom stereocenters. The number of likely N-dealkylation sites (N-methyl/N-ethyl adjacent to an activating group) is 2. The zero-order valence-electron chi connectivity index (χ0n) is 44.3. The fraction of sp³-hybridized carbons (Fsp3) is 0.582. The zero-order valence-corrected chi connectivity index (χ0v) is 44.3. The molecular weight excluding hydrogens is 957 g/mol. The highest BCUT2D eigenvalue weighted by atomic mass is 16.2. The molecule has 9 N–H and O–H groups in total. The number of aromatic nitrogens is 2. The van der Waals surface area contributed by atoms with Crippen LogP contribution in [-0.2, 0) is 28.8 Å². The van der Waals surface area contributed by atoms with E-state index in [-0.39, 0.29) is 73.1 Å². The summed E-state index contributed by atoms with van der Waals surface area (Å²) in [6, 6.07) is 13.2. The summed E-state index contributed by atoms with van der Waals surface area (Å²) in [5.41, 5.74) is 1.59. The van der Waals surface area contributed by atoms with Gasteiger partial charge in [-0.2, -0.15) is 5.10 Å². The van der Waals surface area contributed by atoms with Crippen LogP contribution in [0.3, 0.4) is 0 Å². The van der Waals surface area contributed by atoms with E-state index < -0.39 is 83.8 Å². The van der Waals surface area contributed by atoms with Crippen LogP contribution in [0.15, 0.2) is 66.7 Å². The van der Waals surface area contributed by atoms with Crippen molar-refractivity contribution in [3.05, 3.63) is 89.2 Å². The molecule has 2 aliphatic carbocycles. The maximum atomic E-state index is 14.8. The first-order chi connectivity index (χ1) is 36.1. The molecule has 2 aliphatic heterocycles. The Morgan fingerprint density at radius 2 is 0.947 bits per heavy atom. The van der Waals surface area contributed by atoms with Crippen molar-refractivity contribution < 1.29 is 38.4 Å². The molecule has 4 aliphatic rings. The molecule has 3 aromatic rings. The van der Waals surface area contributed by atoms with Crippen molar-refractivity contribution in [2.75, 3.05) is 27.2 Å². The minimum atomic E-state index is -0.976. The van der Waals surface area contributed by atoms with Crippen molar-refractivity contribution in [3.8, 4) is 0 Å². The summed E-state index contributed by atoms with van der Waals surface area (Å²) in [4.78, 5) is 115. The Balaban J connectivity index is 1.06. The molecule has 0 bridgehead atoms. The average Bonchev–Trinajstić information content (AvgIpc) is 4.22. The smallest absolute Gasteiger partial charge is 0.272 e. The van der Waals surface area contributed by atoms with Gasteiger partial charge in [-0.15, -0.1) is 0 Å². The Labute approximate surface area is 440 Å². The fourth-order valence-electron chi connectivity index (χ4n) is 11.1. The highest BCUT2D eigenvalue weighted by molar-refractivity contribution is 5.99. The first-order valence-corrected chi connectivity index (χ1v) is 27.0. The molecule has 0 radical (unpaired) electrons. The summed E-state index contributed by atoms with van der Waals surface area (Å²) >= 11 is 0. The first kappa shape index (κ1) is 56.1. The lowest BCUT2D eigenvalue weighted by Crippen LogP contribution is -2.58. The number of carbonyl (C=O) groups is 8. The molecule has 8 amide bonds. The summed E-state index contributed by atoms with van der Waals surface area (Å²) in [6.07, 6.45) is 8.86. The van der Waals surface area contributed by atoms with Crippen LogP contribution >= 0.6 is 0 Å². The SMILES string of the molecule is CN[C@@H](C)C(=O)N[C@H](C(=O)N1C[C@@H](NC(=O)c2cc(C(=O)N[C@H]3C[C@@H](C(=O)N[C@H](C)c4ccccc4)N(C(=O)[C@@H](NC(=O)[C@H](C)NC)C4CCCCC4)C3)[nH]n2)C[C@H]1C(=O)N[C@H](C)c1ccccc1)C1CCCCC1. The van der Waals surface area contributed by atoms with Gasteiger partial charge in [0.05, 0.1) is 24.2 Å². The van der Waals surface area contributed by atoms with Crippen LogP contribution in [0.1, 0.15) is 149 Å². The summed E-state index contributed by atoms with van der Waals surface area (Å²) in [5, 5.41) is 30.7. The number of H-pyrrole nitrogens is 1. The summed E-state index contributed by atoms with van der Waals surface area (Å²) in [5.74, 6) is -3.77. The number of carbonyl (C=O) groups excluding carboxylic acids is 8. The third-order valence-corrected chi connectivity index (χ3v) is 15.8. The molecule has 20 nitrogen and oxygen atoms in total. The monoisotopic (exact) mass is 1030 g/mol. The van der Waals surface area contributed by atoms with Gasteiger partial charge in [0.1, 0.15) is 29.9 Å². The molecule has 2 saturated heterocycles. The molecule has 406 valence electrons. The number of likely N-dealkylation sites (tertiary alicyclic amines) is 2. The van der Waals surface area contributed by atoms with Crippen LogP contribution in [0.2, 0.25) is 0 Å². The second-order valence-electron chi connectivity index (χ2n) is 21.1. The Kier molecular flexibility index (Phi) is 19.6. The lowest BCUT2D eigenvalue weighted by Gasteiger charge is -2.35. The molecule has 2 aromatic carbocycles. The van der Waals surface area contributed by atoms with Crippen molar-refractivity contribution in [2.45, 2.75) is 165 Å². The largest absolute Gasteiger partial charge is 0.348 e. The number of rotatable bonds is 20. The van der Waals surface area contributed by atoms with E-state index in [4.69, 9.17) is 0 Å². The van der Waals surface area contributed by atoms with E-state index in [9.17, 15) is 38.4 Å². The summed E-state index contributed by atoms with van der Waals surface area (Å²) in [6.45, 7) is 7.11. The molecule has 10 atom stereocenters. The fourth-order valence-corrected chi connectivity index (χ4v) is 11.1. The van der Waals surface area contributed by atoms with Crippen LogP contribution in [0, 0.1) is 11.8 Å². The van der Waals surface area contributed by atoms with Crippen LogP contribution in [0.5, 0.6) is 0 Å². The number of benzene rings is 2. The molecular formula is C55H78N12O8. The van der Waals surface area contributed by atoms with E-state index in [1.165, 1.54) is 15.9 Å². The third-order valence-electron chi connectivity index (χ3n) is 15.8. The molecule has 7 rings (SSSR count). The lowest BCUT2D eigenvalue weighted by atomic mass is 9.83. The van der Waals surface area contributed by atoms with Gasteiger partial charge in [-0.25, -0.2) is 0 Å². The van der Waals surface area contributed by atoms with Crippen LogP contribution in [0.4, 0.5) is 0 Å². The Morgan fingerprint density at radius 1 is 0.547 bits per heavy atom. The zero-order chi connectivity index (χ0) is 53.8. The van der Waals surface area contributed by atoms with Gasteiger partial charge in [0.25, 0.3) is 11.8 Å². The van der Waals surface area contributed by atoms with Crippen molar-refractivity contribution >= 4 is 47.3 Å². The Bertz CT molecular complexity index is 2300. The Morgan fingerprint density at radius 3 is 1.35 bits per heavy atom. The van der Waals surface area contributed by atoms with E-state index in [0.29, 0.717) is 0 Å². The number of hydrogen-bond acceptors (Lipinski definition) is 11. The van der Waals surface area contributed by atoms with E-state index in [1.807, 2.05) is 74.5 Å².